The minimum Gasteiger partial charge on any atom is -0.457 e. The monoisotopic (exact) mass is 529 g/mol. The fraction of sp³-hybridized carbons (Fsp3) is 0.214. The summed E-state index contributed by atoms with van der Waals surface area (Å²) in [5.74, 6) is 0.472. The van der Waals surface area contributed by atoms with Crippen LogP contribution in [0.25, 0.3) is 5.69 Å². The summed E-state index contributed by atoms with van der Waals surface area (Å²) < 4.78 is 22.6. The molecule has 5 rings (SSSR count). The Balaban J connectivity index is 1.28. The molecule has 0 saturated carbocycles. The average molecular weight is 530 g/mol. The highest BCUT2D eigenvalue weighted by Gasteiger charge is 2.22. The zero-order valence-electron chi connectivity index (χ0n) is 22.5. The van der Waals surface area contributed by atoms with Crippen molar-refractivity contribution in [3.63, 3.8) is 0 Å². The van der Waals surface area contributed by atoms with Gasteiger partial charge in [0.05, 0.1) is 26.0 Å². The number of carbonyl (C=O) groups is 2. The molecule has 1 aliphatic rings. The van der Waals surface area contributed by atoms with Crippen LogP contribution < -0.4 is 20.9 Å². The molecule has 3 heterocycles. The van der Waals surface area contributed by atoms with Crippen LogP contribution >= 0.6 is 0 Å². The number of hydrogen-bond donors (Lipinski definition) is 2. The first-order valence-electron chi connectivity index (χ1n) is 12.9. The zero-order valence-corrected chi connectivity index (χ0v) is 21.5. The number of urea groups is 1. The first-order valence-corrected chi connectivity index (χ1v) is 12.4. The van der Waals surface area contributed by atoms with Crippen molar-refractivity contribution in [3.05, 3.63) is 94.5 Å². The Morgan fingerprint density at radius 2 is 1.79 bits per heavy atom. The molecule has 2 N–H and O–H groups in total. The van der Waals surface area contributed by atoms with E-state index in [0.29, 0.717) is 55.0 Å². The number of amides is 3. The van der Waals surface area contributed by atoms with Gasteiger partial charge in [0.1, 0.15) is 22.9 Å². The van der Waals surface area contributed by atoms with Crippen molar-refractivity contribution < 1.29 is 20.4 Å². The Kier molecular flexibility index (Phi) is 7.04. The van der Waals surface area contributed by atoms with Crippen molar-refractivity contribution in [2.24, 2.45) is 7.05 Å². The Bertz CT molecular complexity index is 1610. The largest absolute Gasteiger partial charge is 0.457 e. The minimum absolute atomic E-state index is 0.00211. The van der Waals surface area contributed by atoms with E-state index in [4.69, 9.17) is 10.8 Å². The van der Waals surface area contributed by atoms with Gasteiger partial charge >= 0.3 is 6.03 Å². The van der Waals surface area contributed by atoms with Gasteiger partial charge in [0, 0.05) is 38.1 Å². The van der Waals surface area contributed by atoms with Gasteiger partial charge < -0.3 is 19.7 Å². The number of rotatable bonds is 6. The second-order valence-corrected chi connectivity index (χ2v) is 8.84. The number of anilines is 2. The fourth-order valence-electron chi connectivity index (χ4n) is 4.20. The number of aromatic nitrogens is 3. The first kappa shape index (κ1) is 24.4. The molecule has 3 amide bonds. The van der Waals surface area contributed by atoms with Gasteiger partial charge in [-0.25, -0.2) is 14.5 Å². The van der Waals surface area contributed by atoms with Crippen molar-refractivity contribution in [3.8, 4) is 17.2 Å². The average Bonchev–Trinajstić information content (AvgIpc) is 3.18. The number of pyridine rings is 1. The van der Waals surface area contributed by atoms with Crippen molar-refractivity contribution in [2.45, 2.75) is 6.92 Å². The van der Waals surface area contributed by atoms with Crippen molar-refractivity contribution in [1.29, 1.82) is 0 Å². The Labute approximate surface area is 226 Å². The topological polar surface area (TPSA) is 120 Å². The minimum atomic E-state index is -0.607. The van der Waals surface area contributed by atoms with Gasteiger partial charge in [-0.1, -0.05) is 18.2 Å². The van der Waals surface area contributed by atoms with Crippen molar-refractivity contribution >= 4 is 23.4 Å². The Morgan fingerprint density at radius 1 is 1.03 bits per heavy atom. The molecule has 2 aromatic heterocycles. The van der Waals surface area contributed by atoms with E-state index in [0.717, 1.165) is 0 Å². The third-order valence-electron chi connectivity index (χ3n) is 6.31. The standard InChI is InChI=1S/C28H28N6O5/c1-19-25(27(36)34(32(19)2)21-6-4-3-5-7-21)26(35)30-20-8-10-22(11-9-20)39-23-12-13-29-24(18-23)31-28(37)33-14-16-38-17-15-33/h3-13,18H,14-17H2,1-2H3,(H,30,35)(H,29,31,37)/i8D. The number of benzene rings is 2. The quantitative estimate of drug-likeness (QED) is 0.392. The summed E-state index contributed by atoms with van der Waals surface area (Å²) in [4.78, 5) is 44.5. The maximum atomic E-state index is 13.1. The number of ether oxygens (including phenoxy) is 2. The van der Waals surface area contributed by atoms with E-state index < -0.39 is 11.5 Å². The van der Waals surface area contributed by atoms with Crippen LogP contribution in [0, 0.1) is 6.92 Å². The second-order valence-electron chi connectivity index (χ2n) is 8.84. The maximum absolute atomic E-state index is 13.1. The number of morpholine rings is 1. The fourth-order valence-corrected chi connectivity index (χ4v) is 4.20. The molecule has 1 aliphatic heterocycles. The zero-order chi connectivity index (χ0) is 28.2. The summed E-state index contributed by atoms with van der Waals surface area (Å²) in [5.41, 5.74) is 0.894. The molecule has 0 aliphatic carbocycles. The van der Waals surface area contributed by atoms with E-state index in [2.05, 4.69) is 15.6 Å². The number of para-hydroxylation sites is 1. The molecule has 0 bridgehead atoms. The number of carbonyl (C=O) groups excluding carboxylic acids is 2. The summed E-state index contributed by atoms with van der Waals surface area (Å²) >= 11 is 0. The lowest BCUT2D eigenvalue weighted by Crippen LogP contribution is -2.43. The van der Waals surface area contributed by atoms with Crippen molar-refractivity contribution in [2.75, 3.05) is 36.9 Å². The van der Waals surface area contributed by atoms with Crippen LogP contribution in [-0.4, -0.2) is 57.5 Å². The van der Waals surface area contributed by atoms with Gasteiger partial charge in [-0.15, -0.1) is 0 Å². The van der Waals surface area contributed by atoms with E-state index in [9.17, 15) is 14.4 Å². The molecule has 0 radical (unpaired) electrons. The van der Waals surface area contributed by atoms with Crippen LogP contribution in [0.2, 0.25) is 0 Å². The molecule has 39 heavy (non-hydrogen) atoms. The van der Waals surface area contributed by atoms with Gasteiger partial charge in [0.15, 0.2) is 0 Å². The highest BCUT2D eigenvalue weighted by molar-refractivity contribution is 6.05. The molecule has 0 unspecified atom stereocenters. The smallest absolute Gasteiger partial charge is 0.323 e. The van der Waals surface area contributed by atoms with Crippen LogP contribution in [0.5, 0.6) is 11.5 Å². The van der Waals surface area contributed by atoms with Gasteiger partial charge in [-0.3, -0.25) is 19.6 Å². The lowest BCUT2D eigenvalue weighted by Gasteiger charge is -2.26. The van der Waals surface area contributed by atoms with Crippen molar-refractivity contribution in [1.82, 2.24) is 19.2 Å². The van der Waals surface area contributed by atoms with Crippen LogP contribution in [-0.2, 0) is 11.8 Å². The van der Waals surface area contributed by atoms with Crippen LogP contribution in [0.15, 0.2) is 77.7 Å². The van der Waals surface area contributed by atoms with E-state index in [-0.39, 0.29) is 23.3 Å². The summed E-state index contributed by atoms with van der Waals surface area (Å²) in [6, 6.07) is 16.5. The summed E-state index contributed by atoms with van der Waals surface area (Å²) in [6.45, 7) is 3.69. The predicted molar refractivity (Wildman–Crippen MR) is 146 cm³/mol. The Morgan fingerprint density at radius 3 is 2.54 bits per heavy atom. The van der Waals surface area contributed by atoms with Gasteiger partial charge in [0.25, 0.3) is 11.5 Å². The van der Waals surface area contributed by atoms with Crippen LogP contribution in [0.3, 0.4) is 0 Å². The molecule has 4 aromatic rings. The first-order chi connectivity index (χ1) is 19.3. The molecule has 2 aromatic carbocycles. The molecular formula is C28H28N6O5. The van der Waals surface area contributed by atoms with Gasteiger partial charge in [-0.05, 0) is 49.4 Å². The molecule has 0 atom stereocenters. The van der Waals surface area contributed by atoms with Gasteiger partial charge in [-0.2, -0.15) is 0 Å². The highest BCUT2D eigenvalue weighted by Crippen LogP contribution is 2.25. The Hall–Kier alpha value is -4.90. The lowest BCUT2D eigenvalue weighted by molar-refractivity contribution is 0.0564. The second kappa shape index (κ2) is 11.2. The predicted octanol–water partition coefficient (Wildman–Crippen LogP) is 3.79. The highest BCUT2D eigenvalue weighted by atomic mass is 16.5. The normalized spacial score (nSPS) is 13.5. The van der Waals surface area contributed by atoms with E-state index in [1.54, 1.807) is 53.9 Å². The number of hydrogen-bond acceptors (Lipinski definition) is 6. The van der Waals surface area contributed by atoms with E-state index >= 15 is 0 Å². The van der Waals surface area contributed by atoms with Crippen LogP contribution in [0.1, 0.15) is 17.4 Å². The van der Waals surface area contributed by atoms with Gasteiger partial charge in [0.2, 0.25) is 0 Å². The van der Waals surface area contributed by atoms with E-state index in [1.807, 2.05) is 18.2 Å². The SMILES string of the molecule is [2H]c1cc(Oc2ccnc(NC(=O)N3CCOCC3)c2)ccc1NC(=O)c1c(C)n(C)n(-c2ccccc2)c1=O. The molecule has 1 fully saturated rings. The molecule has 0 spiro atoms. The third kappa shape index (κ3) is 5.68. The molecule has 11 nitrogen and oxygen atoms in total. The summed E-state index contributed by atoms with van der Waals surface area (Å²) in [7, 11) is 1.71. The molecule has 1 saturated heterocycles. The maximum Gasteiger partial charge on any atom is 0.323 e. The molecule has 200 valence electrons. The van der Waals surface area contributed by atoms with Crippen LogP contribution in [0.4, 0.5) is 16.3 Å². The number of nitrogens with zero attached hydrogens (tertiary/aromatic N) is 4. The third-order valence-corrected chi connectivity index (χ3v) is 6.31. The summed E-state index contributed by atoms with van der Waals surface area (Å²) in [6.07, 6.45) is 1.50. The summed E-state index contributed by atoms with van der Waals surface area (Å²) in [5, 5.41) is 5.42. The molecular weight excluding hydrogens is 500 g/mol. The lowest BCUT2D eigenvalue weighted by atomic mass is 10.2. The molecule has 11 heteroatoms. The van der Waals surface area contributed by atoms with E-state index in [1.165, 1.54) is 23.0 Å². The number of nitrogens with one attached hydrogen (secondary N) is 2.